The average Bonchev–Trinajstić information content (AvgIpc) is 2.62. The van der Waals surface area contributed by atoms with Crippen LogP contribution in [0.1, 0.15) is 13.3 Å². The minimum atomic E-state index is -0.843. The first kappa shape index (κ1) is 17.0. The van der Waals surface area contributed by atoms with Gasteiger partial charge in [0.25, 0.3) is 0 Å². The molecule has 2 atom stereocenters. The molecule has 25 heavy (non-hydrogen) atoms. The maximum Gasteiger partial charge on any atom is 0.321 e. The molecule has 1 fully saturated rings. The van der Waals surface area contributed by atoms with Gasteiger partial charge in [0, 0.05) is 30.5 Å². The number of rotatable bonds is 3. The first-order chi connectivity index (χ1) is 12.0. The van der Waals surface area contributed by atoms with Crippen LogP contribution < -0.4 is 5.32 Å². The number of carboxylic acid groups (broad SMARTS) is 1. The highest BCUT2D eigenvalue weighted by atomic mass is 16.4. The van der Waals surface area contributed by atoms with Crippen LogP contribution in [0, 0.1) is 11.8 Å². The Labute approximate surface area is 146 Å². The number of urea groups is 1. The van der Waals surface area contributed by atoms with Crippen LogP contribution >= 0.6 is 0 Å². The number of hydrogen-bond donors (Lipinski definition) is 2. The van der Waals surface area contributed by atoms with Crippen LogP contribution in [-0.2, 0) is 4.79 Å². The number of nitrogens with zero attached hydrogens (tertiary/aromatic N) is 2. The van der Waals surface area contributed by atoms with Crippen LogP contribution in [0.2, 0.25) is 0 Å². The molecule has 0 radical (unpaired) electrons. The van der Waals surface area contributed by atoms with E-state index in [1.807, 2.05) is 49.4 Å². The van der Waals surface area contributed by atoms with Crippen LogP contribution in [0.15, 0.2) is 48.7 Å². The first-order valence-electron chi connectivity index (χ1n) is 8.33. The number of hydrogen-bond acceptors (Lipinski definition) is 3. The Balaban J connectivity index is 1.65. The summed E-state index contributed by atoms with van der Waals surface area (Å²) in [7, 11) is 0. The number of carbonyl (C=O) groups excluding carboxylic acids is 1. The predicted molar refractivity (Wildman–Crippen MR) is 95.2 cm³/mol. The molecule has 0 saturated carbocycles. The monoisotopic (exact) mass is 339 g/mol. The molecular weight excluding hydrogens is 318 g/mol. The van der Waals surface area contributed by atoms with E-state index in [0.29, 0.717) is 18.7 Å². The molecule has 0 aliphatic carbocycles. The first-order valence-corrected chi connectivity index (χ1v) is 8.33. The summed E-state index contributed by atoms with van der Waals surface area (Å²) in [5, 5.41) is 12.1. The minimum absolute atomic E-state index is 0.173. The standard InChI is InChI=1S/C19H21N3O3/c1-13-10-15(18(23)24)12-22(11-13)19(25)21-16-7-5-14(6-8-16)17-4-2-3-9-20-17/h2-9,13,15H,10-12H2,1H3,(H,21,25)(H,23,24). The number of carbonyl (C=O) groups is 2. The van der Waals surface area contributed by atoms with E-state index in [1.54, 1.807) is 11.1 Å². The fourth-order valence-electron chi connectivity index (χ4n) is 3.16. The Hall–Kier alpha value is -2.89. The molecule has 1 aromatic carbocycles. The van der Waals surface area contributed by atoms with Gasteiger partial charge in [0.15, 0.2) is 0 Å². The quantitative estimate of drug-likeness (QED) is 0.898. The predicted octanol–water partition coefficient (Wildman–Crippen LogP) is 3.32. The van der Waals surface area contributed by atoms with E-state index in [9.17, 15) is 14.7 Å². The van der Waals surface area contributed by atoms with Crippen LogP contribution in [-0.4, -0.2) is 40.1 Å². The van der Waals surface area contributed by atoms with E-state index in [4.69, 9.17) is 0 Å². The van der Waals surface area contributed by atoms with E-state index in [-0.39, 0.29) is 18.5 Å². The number of likely N-dealkylation sites (tertiary alicyclic amines) is 1. The minimum Gasteiger partial charge on any atom is -0.481 e. The summed E-state index contributed by atoms with van der Waals surface area (Å²) >= 11 is 0. The van der Waals surface area contributed by atoms with E-state index in [0.717, 1.165) is 11.3 Å². The number of benzene rings is 1. The van der Waals surface area contributed by atoms with Crippen molar-refractivity contribution in [3.05, 3.63) is 48.7 Å². The molecule has 1 aliphatic rings. The molecule has 6 nitrogen and oxygen atoms in total. The summed E-state index contributed by atoms with van der Waals surface area (Å²) < 4.78 is 0. The third-order valence-electron chi connectivity index (χ3n) is 4.39. The molecule has 1 saturated heterocycles. The lowest BCUT2D eigenvalue weighted by Gasteiger charge is -2.34. The normalized spacial score (nSPS) is 20.1. The number of aromatic nitrogens is 1. The molecule has 2 N–H and O–H groups in total. The average molecular weight is 339 g/mol. The highest BCUT2D eigenvalue weighted by molar-refractivity contribution is 5.90. The van der Waals surface area contributed by atoms with Crippen molar-refractivity contribution in [2.45, 2.75) is 13.3 Å². The molecule has 6 heteroatoms. The van der Waals surface area contributed by atoms with Crippen LogP contribution in [0.5, 0.6) is 0 Å². The number of pyridine rings is 1. The number of anilines is 1. The molecule has 130 valence electrons. The van der Waals surface area contributed by atoms with Crippen molar-refractivity contribution in [3.63, 3.8) is 0 Å². The molecule has 2 unspecified atom stereocenters. The Morgan fingerprint density at radius 1 is 1.16 bits per heavy atom. The van der Waals surface area contributed by atoms with E-state index >= 15 is 0 Å². The van der Waals surface area contributed by atoms with Gasteiger partial charge < -0.3 is 15.3 Å². The fraction of sp³-hybridized carbons (Fsp3) is 0.316. The van der Waals surface area contributed by atoms with Gasteiger partial charge in [0.05, 0.1) is 11.6 Å². The highest BCUT2D eigenvalue weighted by Crippen LogP contribution is 2.23. The molecule has 2 amide bonds. The van der Waals surface area contributed by atoms with Crippen molar-refractivity contribution < 1.29 is 14.7 Å². The summed E-state index contributed by atoms with van der Waals surface area (Å²) in [4.78, 5) is 29.6. The topological polar surface area (TPSA) is 82.5 Å². The van der Waals surface area contributed by atoms with E-state index < -0.39 is 11.9 Å². The lowest BCUT2D eigenvalue weighted by molar-refractivity contribution is -0.143. The van der Waals surface area contributed by atoms with Gasteiger partial charge in [-0.3, -0.25) is 9.78 Å². The Morgan fingerprint density at radius 3 is 2.56 bits per heavy atom. The molecule has 2 heterocycles. The number of aliphatic carboxylic acids is 1. The molecule has 1 aliphatic heterocycles. The van der Waals surface area contributed by atoms with Crippen molar-refractivity contribution in [1.29, 1.82) is 0 Å². The second-order valence-electron chi connectivity index (χ2n) is 6.50. The molecule has 0 bridgehead atoms. The van der Waals surface area contributed by atoms with Crippen LogP contribution in [0.3, 0.4) is 0 Å². The Morgan fingerprint density at radius 2 is 1.92 bits per heavy atom. The summed E-state index contributed by atoms with van der Waals surface area (Å²) in [6.45, 7) is 2.79. The number of carboxylic acids is 1. The van der Waals surface area contributed by atoms with Gasteiger partial charge >= 0.3 is 12.0 Å². The highest BCUT2D eigenvalue weighted by Gasteiger charge is 2.31. The third kappa shape index (κ3) is 4.15. The summed E-state index contributed by atoms with van der Waals surface area (Å²) in [6.07, 6.45) is 2.35. The summed E-state index contributed by atoms with van der Waals surface area (Å²) in [5.41, 5.74) is 2.51. The molecule has 1 aromatic heterocycles. The summed E-state index contributed by atoms with van der Waals surface area (Å²) in [6, 6.07) is 12.9. The smallest absolute Gasteiger partial charge is 0.321 e. The zero-order valence-electron chi connectivity index (χ0n) is 14.1. The summed E-state index contributed by atoms with van der Waals surface area (Å²) in [5.74, 6) is -1.17. The van der Waals surface area contributed by atoms with Gasteiger partial charge in [-0.05, 0) is 36.6 Å². The lowest BCUT2D eigenvalue weighted by atomic mass is 9.91. The SMILES string of the molecule is CC1CC(C(=O)O)CN(C(=O)Nc2ccc(-c3ccccn3)cc2)C1. The number of piperidine rings is 1. The van der Waals surface area contributed by atoms with Gasteiger partial charge in [-0.1, -0.05) is 25.1 Å². The lowest BCUT2D eigenvalue weighted by Crippen LogP contribution is -2.47. The molecule has 0 spiro atoms. The number of nitrogens with one attached hydrogen (secondary N) is 1. The molecule has 3 rings (SSSR count). The van der Waals surface area contributed by atoms with Crippen molar-refractivity contribution in [3.8, 4) is 11.3 Å². The van der Waals surface area contributed by atoms with Gasteiger partial charge in [-0.2, -0.15) is 0 Å². The molecular formula is C19H21N3O3. The maximum absolute atomic E-state index is 12.4. The number of amides is 2. The van der Waals surface area contributed by atoms with E-state index in [1.165, 1.54) is 0 Å². The van der Waals surface area contributed by atoms with Gasteiger partial charge in [-0.15, -0.1) is 0 Å². The van der Waals surface area contributed by atoms with E-state index in [2.05, 4.69) is 10.3 Å². The second kappa shape index (κ2) is 7.34. The molecule has 2 aromatic rings. The third-order valence-corrected chi connectivity index (χ3v) is 4.39. The van der Waals surface area contributed by atoms with Crippen molar-refractivity contribution in [2.75, 3.05) is 18.4 Å². The van der Waals surface area contributed by atoms with Gasteiger partial charge in [0.2, 0.25) is 0 Å². The van der Waals surface area contributed by atoms with Crippen LogP contribution in [0.25, 0.3) is 11.3 Å². The fourth-order valence-corrected chi connectivity index (χ4v) is 3.16. The zero-order chi connectivity index (χ0) is 17.8. The Bertz CT molecular complexity index is 746. The van der Waals surface area contributed by atoms with Crippen molar-refractivity contribution in [1.82, 2.24) is 9.88 Å². The Kier molecular flexibility index (Phi) is 4.97. The zero-order valence-corrected chi connectivity index (χ0v) is 14.1. The van der Waals surface area contributed by atoms with Gasteiger partial charge in [0.1, 0.15) is 0 Å². The largest absolute Gasteiger partial charge is 0.481 e. The van der Waals surface area contributed by atoms with Crippen LogP contribution in [0.4, 0.5) is 10.5 Å². The van der Waals surface area contributed by atoms with Gasteiger partial charge in [-0.25, -0.2) is 4.79 Å². The maximum atomic E-state index is 12.4. The van der Waals surface area contributed by atoms with Crippen molar-refractivity contribution in [2.24, 2.45) is 11.8 Å². The second-order valence-corrected chi connectivity index (χ2v) is 6.50. The van der Waals surface area contributed by atoms with Crippen molar-refractivity contribution >= 4 is 17.7 Å².